The first-order valence-electron chi connectivity index (χ1n) is 9.35. The Morgan fingerprint density at radius 1 is 1.24 bits per heavy atom. The van der Waals surface area contributed by atoms with Gasteiger partial charge in [-0.1, -0.05) is 37.3 Å². The number of nitrogens with one attached hydrogen (secondary N) is 1. The van der Waals surface area contributed by atoms with Crippen LogP contribution >= 0.6 is 0 Å². The highest BCUT2D eigenvalue weighted by molar-refractivity contribution is 5.85. The van der Waals surface area contributed by atoms with Gasteiger partial charge in [0, 0.05) is 33.2 Å². The van der Waals surface area contributed by atoms with E-state index < -0.39 is 0 Å². The molecular formula is C20H30N4O. The number of amides is 1. The average molecular weight is 342 g/mol. The minimum absolute atomic E-state index is 0.0438. The lowest BCUT2D eigenvalue weighted by atomic mass is 9.82. The standard InChI is InChI=1S/C20H30N4O/c1-15-14-24(12-11-18(15)16-7-5-4-6-8-16)20(22-17-9-10-17)21-13-19(25)23(2)3/h4-8,15,17-18H,9-14H2,1-3H3,(H,21,22). The topological polar surface area (TPSA) is 47.9 Å². The molecule has 3 rings (SSSR count). The van der Waals surface area contributed by atoms with Crippen LogP contribution in [0.2, 0.25) is 0 Å². The lowest BCUT2D eigenvalue weighted by Gasteiger charge is -2.39. The maximum absolute atomic E-state index is 11.9. The van der Waals surface area contributed by atoms with Gasteiger partial charge in [-0.25, -0.2) is 4.99 Å². The summed E-state index contributed by atoms with van der Waals surface area (Å²) in [5, 5.41) is 3.54. The largest absolute Gasteiger partial charge is 0.353 e. The molecule has 0 aromatic heterocycles. The van der Waals surface area contributed by atoms with Crippen LogP contribution in [0.4, 0.5) is 0 Å². The van der Waals surface area contributed by atoms with Gasteiger partial charge in [-0.3, -0.25) is 4.79 Å². The molecule has 1 saturated heterocycles. The number of likely N-dealkylation sites (tertiary alicyclic amines) is 1. The smallest absolute Gasteiger partial charge is 0.243 e. The highest BCUT2D eigenvalue weighted by atomic mass is 16.2. The van der Waals surface area contributed by atoms with Crippen LogP contribution in [0.1, 0.15) is 37.7 Å². The van der Waals surface area contributed by atoms with Gasteiger partial charge in [-0.15, -0.1) is 0 Å². The highest BCUT2D eigenvalue weighted by Gasteiger charge is 2.31. The minimum Gasteiger partial charge on any atom is -0.353 e. The Bertz CT molecular complexity index is 609. The molecule has 1 aromatic carbocycles. The molecule has 1 aliphatic carbocycles. The van der Waals surface area contributed by atoms with Crippen molar-refractivity contribution in [3.05, 3.63) is 35.9 Å². The number of carbonyl (C=O) groups is 1. The molecule has 5 nitrogen and oxygen atoms in total. The van der Waals surface area contributed by atoms with Crippen molar-refractivity contribution >= 4 is 11.9 Å². The van der Waals surface area contributed by atoms with Gasteiger partial charge in [0.1, 0.15) is 6.54 Å². The molecule has 5 heteroatoms. The van der Waals surface area contributed by atoms with Gasteiger partial charge >= 0.3 is 0 Å². The second kappa shape index (κ2) is 7.89. The zero-order chi connectivity index (χ0) is 17.8. The monoisotopic (exact) mass is 342 g/mol. The van der Waals surface area contributed by atoms with Crippen molar-refractivity contribution in [3.8, 4) is 0 Å². The number of guanidine groups is 1. The van der Waals surface area contributed by atoms with Gasteiger partial charge in [0.25, 0.3) is 0 Å². The molecule has 1 saturated carbocycles. The summed E-state index contributed by atoms with van der Waals surface area (Å²) in [6.07, 6.45) is 3.53. The molecule has 2 atom stereocenters. The summed E-state index contributed by atoms with van der Waals surface area (Å²) in [5.74, 6) is 2.12. The van der Waals surface area contributed by atoms with E-state index in [2.05, 4.69) is 52.5 Å². The Labute approximate surface area is 151 Å². The van der Waals surface area contributed by atoms with Gasteiger partial charge in [0.2, 0.25) is 5.91 Å². The van der Waals surface area contributed by atoms with Crippen molar-refractivity contribution in [2.75, 3.05) is 33.7 Å². The lowest BCUT2D eigenvalue weighted by Crippen LogP contribution is -2.49. The molecule has 2 unspecified atom stereocenters. The number of benzene rings is 1. The van der Waals surface area contributed by atoms with E-state index in [1.807, 2.05) is 0 Å². The molecule has 0 bridgehead atoms. The first-order chi connectivity index (χ1) is 12.0. The molecule has 1 amide bonds. The summed E-state index contributed by atoms with van der Waals surface area (Å²) in [6.45, 7) is 4.51. The van der Waals surface area contributed by atoms with E-state index in [-0.39, 0.29) is 12.5 Å². The zero-order valence-electron chi connectivity index (χ0n) is 15.6. The van der Waals surface area contributed by atoms with Crippen molar-refractivity contribution in [3.63, 3.8) is 0 Å². The van der Waals surface area contributed by atoms with Crippen molar-refractivity contribution in [1.29, 1.82) is 0 Å². The molecule has 1 aromatic rings. The van der Waals surface area contributed by atoms with E-state index in [1.165, 1.54) is 18.4 Å². The van der Waals surface area contributed by atoms with Gasteiger partial charge in [0.15, 0.2) is 5.96 Å². The second-order valence-corrected chi connectivity index (χ2v) is 7.58. The van der Waals surface area contributed by atoms with Crippen LogP contribution < -0.4 is 5.32 Å². The molecule has 136 valence electrons. The third-order valence-corrected chi connectivity index (χ3v) is 5.21. The second-order valence-electron chi connectivity index (χ2n) is 7.58. The number of likely N-dealkylation sites (N-methyl/N-ethyl adjacent to an activating group) is 1. The van der Waals surface area contributed by atoms with Crippen molar-refractivity contribution in [2.24, 2.45) is 10.9 Å². The van der Waals surface area contributed by atoms with Gasteiger partial charge in [0.05, 0.1) is 0 Å². The fraction of sp³-hybridized carbons (Fsp3) is 0.600. The normalized spacial score (nSPS) is 24.1. The number of carbonyl (C=O) groups excluding carboxylic acids is 1. The molecular weight excluding hydrogens is 312 g/mol. The molecule has 0 spiro atoms. The van der Waals surface area contributed by atoms with Gasteiger partial charge in [-0.2, -0.15) is 0 Å². The summed E-state index contributed by atoms with van der Waals surface area (Å²) in [4.78, 5) is 20.5. The number of rotatable bonds is 4. The SMILES string of the molecule is CC1CN(C(=NCC(=O)N(C)C)NC2CC2)CCC1c1ccccc1. The molecule has 1 aliphatic heterocycles. The molecule has 25 heavy (non-hydrogen) atoms. The van der Waals surface area contributed by atoms with Gasteiger partial charge < -0.3 is 15.1 Å². The number of aliphatic imine (C=N–C) groups is 1. The predicted octanol–water partition coefficient (Wildman–Crippen LogP) is 2.31. The van der Waals surface area contributed by atoms with Crippen molar-refractivity contribution < 1.29 is 4.79 Å². The Kier molecular flexibility index (Phi) is 5.61. The van der Waals surface area contributed by atoms with Crippen LogP contribution in [0.5, 0.6) is 0 Å². The predicted molar refractivity (Wildman–Crippen MR) is 102 cm³/mol. The summed E-state index contributed by atoms with van der Waals surface area (Å²) in [7, 11) is 3.55. The Hall–Kier alpha value is -2.04. The first kappa shape index (κ1) is 17.8. The molecule has 2 fully saturated rings. The molecule has 0 radical (unpaired) electrons. The Morgan fingerprint density at radius 3 is 2.56 bits per heavy atom. The third kappa shape index (κ3) is 4.74. The van der Waals surface area contributed by atoms with E-state index in [0.29, 0.717) is 17.9 Å². The zero-order valence-corrected chi connectivity index (χ0v) is 15.6. The molecule has 2 aliphatic rings. The summed E-state index contributed by atoms with van der Waals surface area (Å²) in [5.41, 5.74) is 1.44. The number of nitrogens with zero attached hydrogens (tertiary/aromatic N) is 3. The Balaban J connectivity index is 1.66. The van der Waals surface area contributed by atoms with Crippen LogP contribution in [0.25, 0.3) is 0 Å². The summed E-state index contributed by atoms with van der Waals surface area (Å²) >= 11 is 0. The maximum Gasteiger partial charge on any atom is 0.243 e. The highest BCUT2D eigenvalue weighted by Crippen LogP contribution is 2.33. The summed E-state index contributed by atoms with van der Waals surface area (Å²) < 4.78 is 0. The molecule has 1 heterocycles. The van der Waals surface area contributed by atoms with E-state index in [4.69, 9.17) is 0 Å². The quantitative estimate of drug-likeness (QED) is 0.675. The number of hydrogen-bond donors (Lipinski definition) is 1. The third-order valence-electron chi connectivity index (χ3n) is 5.21. The van der Waals surface area contributed by atoms with E-state index in [9.17, 15) is 4.79 Å². The number of piperidine rings is 1. The number of hydrogen-bond acceptors (Lipinski definition) is 2. The fourth-order valence-corrected chi connectivity index (χ4v) is 3.46. The lowest BCUT2D eigenvalue weighted by molar-refractivity contribution is -0.127. The summed E-state index contributed by atoms with van der Waals surface area (Å²) in [6, 6.07) is 11.4. The fourth-order valence-electron chi connectivity index (χ4n) is 3.46. The van der Waals surface area contributed by atoms with Crippen LogP contribution in [0, 0.1) is 5.92 Å². The first-order valence-corrected chi connectivity index (χ1v) is 9.35. The van der Waals surface area contributed by atoms with Crippen molar-refractivity contribution in [1.82, 2.24) is 15.1 Å². The average Bonchev–Trinajstić information content (AvgIpc) is 3.43. The van der Waals surface area contributed by atoms with Crippen LogP contribution in [0.3, 0.4) is 0 Å². The van der Waals surface area contributed by atoms with E-state index in [1.54, 1.807) is 19.0 Å². The molecule has 1 N–H and O–H groups in total. The van der Waals surface area contributed by atoms with Crippen LogP contribution in [0.15, 0.2) is 35.3 Å². The van der Waals surface area contributed by atoms with Crippen molar-refractivity contribution in [2.45, 2.75) is 38.1 Å². The van der Waals surface area contributed by atoms with Crippen LogP contribution in [-0.2, 0) is 4.79 Å². The maximum atomic E-state index is 11.9. The van der Waals surface area contributed by atoms with Crippen LogP contribution in [-0.4, -0.2) is 61.4 Å². The van der Waals surface area contributed by atoms with E-state index >= 15 is 0 Å². The van der Waals surface area contributed by atoms with E-state index in [0.717, 1.165) is 25.5 Å². The Morgan fingerprint density at radius 2 is 1.96 bits per heavy atom. The minimum atomic E-state index is 0.0438. The van der Waals surface area contributed by atoms with Gasteiger partial charge in [-0.05, 0) is 36.7 Å².